The lowest BCUT2D eigenvalue weighted by molar-refractivity contribution is -0.384. The number of hydrogen-bond donors (Lipinski definition) is 1. The monoisotopic (exact) mass is 394 g/mol. The Bertz CT molecular complexity index is 993. The number of rotatable bonds is 6. The predicted octanol–water partition coefficient (Wildman–Crippen LogP) is 2.24. The van der Waals surface area contributed by atoms with Crippen molar-refractivity contribution in [1.29, 1.82) is 0 Å². The molecule has 0 spiro atoms. The Morgan fingerprint density at radius 2 is 1.85 bits per heavy atom. The molecule has 1 saturated heterocycles. The van der Waals surface area contributed by atoms with Crippen LogP contribution >= 0.6 is 0 Å². The molecule has 1 fully saturated rings. The molecule has 2 aromatic carbocycles. The fraction of sp³-hybridized carbons (Fsp3) is 0.235. The molecule has 1 aliphatic rings. The normalized spacial score (nSPS) is 19.7. The number of carbonyl (C=O) groups excluding carboxylic acids is 1. The lowest BCUT2D eigenvalue weighted by Crippen LogP contribution is -2.41. The van der Waals surface area contributed by atoms with Crippen LogP contribution in [0.4, 0.5) is 10.1 Å². The second-order valence-corrected chi connectivity index (χ2v) is 7.79. The maximum Gasteiger partial charge on any atom is 0.306 e. The van der Waals surface area contributed by atoms with Gasteiger partial charge in [-0.15, -0.1) is 0 Å². The van der Waals surface area contributed by atoms with Gasteiger partial charge < -0.3 is 4.74 Å². The van der Waals surface area contributed by atoms with Gasteiger partial charge in [-0.05, 0) is 18.2 Å². The molecule has 0 aliphatic carbocycles. The number of hydrogen-bond acceptors (Lipinski definition) is 6. The average Bonchev–Trinajstić information content (AvgIpc) is 3.03. The molecule has 2 aromatic rings. The van der Waals surface area contributed by atoms with Gasteiger partial charge in [0.2, 0.25) is 10.0 Å². The molecule has 3 rings (SSSR count). The van der Waals surface area contributed by atoms with Gasteiger partial charge in [-0.25, -0.2) is 17.5 Å². The zero-order valence-electron chi connectivity index (χ0n) is 13.9. The third kappa shape index (κ3) is 3.81. The highest BCUT2D eigenvalue weighted by molar-refractivity contribution is 7.89. The van der Waals surface area contributed by atoms with E-state index in [4.69, 9.17) is 4.74 Å². The third-order valence-corrected chi connectivity index (χ3v) is 5.73. The standard InChI is InChI=1S/C17H15FN2O6S/c18-15-4-2-1-3-14(15)17(10-9-16(21)26-17)11-19-27(24,25)13-7-5-12(6-8-13)20(22)23/h1-8,19H,9-11H2. The number of sulfonamides is 1. The summed E-state index contributed by atoms with van der Waals surface area (Å²) in [4.78, 5) is 21.5. The first-order valence-corrected chi connectivity index (χ1v) is 9.43. The van der Waals surface area contributed by atoms with Crippen molar-refractivity contribution in [2.24, 2.45) is 0 Å². The number of nitro benzene ring substituents is 1. The van der Waals surface area contributed by atoms with Crippen molar-refractivity contribution in [2.45, 2.75) is 23.3 Å². The van der Waals surface area contributed by atoms with Gasteiger partial charge in [0.25, 0.3) is 5.69 Å². The fourth-order valence-corrected chi connectivity index (χ4v) is 3.99. The molecular formula is C17H15FN2O6S. The molecule has 1 unspecified atom stereocenters. The summed E-state index contributed by atoms with van der Waals surface area (Å²) in [5, 5.41) is 10.7. The van der Waals surface area contributed by atoms with Crippen molar-refractivity contribution < 1.29 is 27.3 Å². The van der Waals surface area contributed by atoms with Crippen molar-refractivity contribution in [2.75, 3.05) is 6.54 Å². The molecule has 1 atom stereocenters. The largest absolute Gasteiger partial charge is 0.453 e. The Morgan fingerprint density at radius 1 is 1.19 bits per heavy atom. The van der Waals surface area contributed by atoms with Crippen LogP contribution in [0.1, 0.15) is 18.4 Å². The molecule has 27 heavy (non-hydrogen) atoms. The van der Waals surface area contributed by atoms with Crippen molar-refractivity contribution in [1.82, 2.24) is 4.72 Å². The minimum atomic E-state index is -4.05. The van der Waals surface area contributed by atoms with Gasteiger partial charge in [0, 0.05) is 30.5 Å². The summed E-state index contributed by atoms with van der Waals surface area (Å²) >= 11 is 0. The number of halogens is 1. The molecule has 8 nitrogen and oxygen atoms in total. The van der Waals surface area contributed by atoms with E-state index in [-0.39, 0.29) is 35.5 Å². The van der Waals surface area contributed by atoms with E-state index in [9.17, 15) is 27.7 Å². The first-order valence-electron chi connectivity index (χ1n) is 7.94. The number of ether oxygens (including phenoxy) is 1. The first-order chi connectivity index (χ1) is 12.7. The van der Waals surface area contributed by atoms with Gasteiger partial charge in [0.1, 0.15) is 5.82 Å². The van der Waals surface area contributed by atoms with E-state index >= 15 is 0 Å². The first kappa shape index (κ1) is 18.9. The van der Waals surface area contributed by atoms with E-state index in [0.29, 0.717) is 0 Å². The lowest BCUT2D eigenvalue weighted by atomic mass is 9.90. The maximum absolute atomic E-state index is 14.2. The van der Waals surface area contributed by atoms with Crippen molar-refractivity contribution >= 4 is 21.7 Å². The van der Waals surface area contributed by atoms with Crippen LogP contribution in [0.15, 0.2) is 53.4 Å². The highest BCUT2D eigenvalue weighted by Crippen LogP contribution is 2.38. The number of carbonyl (C=O) groups is 1. The Kier molecular flexibility index (Phi) is 4.94. The molecule has 0 amide bonds. The quantitative estimate of drug-likeness (QED) is 0.456. The molecule has 1 aliphatic heterocycles. The van der Waals surface area contributed by atoms with Gasteiger partial charge in [-0.2, -0.15) is 0 Å². The molecule has 142 valence electrons. The zero-order valence-corrected chi connectivity index (χ0v) is 14.7. The van der Waals surface area contributed by atoms with E-state index in [2.05, 4.69) is 4.72 Å². The molecule has 0 aromatic heterocycles. The topological polar surface area (TPSA) is 116 Å². The van der Waals surface area contributed by atoms with E-state index in [1.165, 1.54) is 18.2 Å². The van der Waals surface area contributed by atoms with Crippen LogP contribution in [0.25, 0.3) is 0 Å². The average molecular weight is 394 g/mol. The minimum Gasteiger partial charge on any atom is -0.453 e. The van der Waals surface area contributed by atoms with E-state index < -0.39 is 32.3 Å². The maximum atomic E-state index is 14.2. The third-order valence-electron chi connectivity index (χ3n) is 4.31. The summed E-state index contributed by atoms with van der Waals surface area (Å²) in [6.45, 7) is -0.362. The SMILES string of the molecule is O=C1CCC(CNS(=O)(=O)c2ccc([N+](=O)[O-])cc2)(c2ccccc2F)O1. The Labute approximate surface area is 154 Å². The van der Waals surface area contributed by atoms with Crippen LogP contribution in [0.2, 0.25) is 0 Å². The highest BCUT2D eigenvalue weighted by atomic mass is 32.2. The van der Waals surface area contributed by atoms with Crippen molar-refractivity contribution in [3.05, 3.63) is 70.0 Å². The zero-order chi connectivity index (χ0) is 19.7. The van der Waals surface area contributed by atoms with Crippen molar-refractivity contribution in [3.8, 4) is 0 Å². The Hall–Kier alpha value is -2.85. The highest BCUT2D eigenvalue weighted by Gasteiger charge is 2.44. The van der Waals surface area contributed by atoms with Crippen LogP contribution in [0, 0.1) is 15.9 Å². The van der Waals surface area contributed by atoms with Gasteiger partial charge in [0.15, 0.2) is 5.60 Å². The molecule has 0 bridgehead atoms. The Morgan fingerprint density at radius 3 is 2.41 bits per heavy atom. The number of non-ortho nitro benzene ring substituents is 1. The number of nitrogens with zero attached hydrogens (tertiary/aromatic N) is 1. The number of cyclic esters (lactones) is 1. The van der Waals surface area contributed by atoms with Crippen LogP contribution in [0.3, 0.4) is 0 Å². The van der Waals surface area contributed by atoms with E-state index in [1.54, 1.807) is 6.07 Å². The number of nitrogens with one attached hydrogen (secondary N) is 1. The van der Waals surface area contributed by atoms with Crippen LogP contribution < -0.4 is 4.72 Å². The smallest absolute Gasteiger partial charge is 0.306 e. The van der Waals surface area contributed by atoms with Crippen LogP contribution in [0.5, 0.6) is 0 Å². The van der Waals surface area contributed by atoms with Crippen LogP contribution in [-0.4, -0.2) is 25.9 Å². The minimum absolute atomic E-state index is 0.0353. The molecule has 1 heterocycles. The number of esters is 1. The van der Waals surface area contributed by atoms with Gasteiger partial charge in [-0.1, -0.05) is 18.2 Å². The lowest BCUT2D eigenvalue weighted by Gasteiger charge is -2.28. The molecule has 0 radical (unpaired) electrons. The van der Waals surface area contributed by atoms with E-state index in [0.717, 1.165) is 24.3 Å². The Balaban J connectivity index is 1.86. The second-order valence-electron chi connectivity index (χ2n) is 6.02. The van der Waals surface area contributed by atoms with Gasteiger partial charge >= 0.3 is 5.97 Å². The fourth-order valence-electron chi connectivity index (χ4n) is 2.91. The van der Waals surface area contributed by atoms with E-state index in [1.807, 2.05) is 0 Å². The number of nitro groups is 1. The summed E-state index contributed by atoms with van der Waals surface area (Å²) in [5.74, 6) is -1.16. The summed E-state index contributed by atoms with van der Waals surface area (Å²) < 4.78 is 46.8. The molecule has 10 heteroatoms. The molecule has 1 N–H and O–H groups in total. The summed E-state index contributed by atoms with van der Waals surface area (Å²) in [6, 6.07) is 10.0. The number of benzene rings is 2. The molecular weight excluding hydrogens is 379 g/mol. The summed E-state index contributed by atoms with van der Waals surface area (Å²) in [7, 11) is -4.05. The van der Waals surface area contributed by atoms with Crippen molar-refractivity contribution in [3.63, 3.8) is 0 Å². The second kappa shape index (κ2) is 7.05. The van der Waals surface area contributed by atoms with Crippen LogP contribution in [-0.2, 0) is 25.2 Å². The van der Waals surface area contributed by atoms with Gasteiger partial charge in [0.05, 0.1) is 16.4 Å². The summed E-state index contributed by atoms with van der Waals surface area (Å²) in [6.07, 6.45) is 0.156. The molecule has 0 saturated carbocycles. The van der Waals surface area contributed by atoms with Gasteiger partial charge in [-0.3, -0.25) is 14.9 Å². The predicted molar refractivity (Wildman–Crippen MR) is 91.7 cm³/mol. The summed E-state index contributed by atoms with van der Waals surface area (Å²) in [5.41, 5.74) is -1.61.